The lowest BCUT2D eigenvalue weighted by atomic mass is 10.1. The van der Waals surface area contributed by atoms with Crippen LogP contribution in [-0.2, 0) is 6.54 Å². The van der Waals surface area contributed by atoms with E-state index in [-0.39, 0.29) is 16.3 Å². The summed E-state index contributed by atoms with van der Waals surface area (Å²) in [5, 5.41) is 22.7. The number of aromatic carboxylic acids is 1. The van der Waals surface area contributed by atoms with Crippen LogP contribution in [-0.4, -0.2) is 16.0 Å². The molecule has 21 heavy (non-hydrogen) atoms. The Kier molecular flexibility index (Phi) is 4.39. The summed E-state index contributed by atoms with van der Waals surface area (Å²) in [6.45, 7) is 0.428. The third-order valence-corrected chi connectivity index (χ3v) is 3.16. The highest BCUT2D eigenvalue weighted by atomic mass is 35.5. The molecular weight excluding hydrogens is 296 g/mol. The lowest BCUT2D eigenvalue weighted by Crippen LogP contribution is -2.02. The summed E-state index contributed by atoms with van der Waals surface area (Å²) < 4.78 is 0. The van der Waals surface area contributed by atoms with Crippen molar-refractivity contribution in [2.45, 2.75) is 6.54 Å². The smallest absolute Gasteiger partial charge is 0.335 e. The highest BCUT2D eigenvalue weighted by Gasteiger charge is 2.09. The molecule has 2 N–H and O–H groups in total. The van der Waals surface area contributed by atoms with Crippen LogP contribution in [0.15, 0.2) is 42.5 Å². The van der Waals surface area contributed by atoms with Gasteiger partial charge in [-0.25, -0.2) is 4.79 Å². The largest absolute Gasteiger partial charge is 0.478 e. The summed E-state index contributed by atoms with van der Waals surface area (Å²) in [5.41, 5.74) is 1.59. The normalized spacial score (nSPS) is 10.1. The van der Waals surface area contributed by atoms with E-state index in [0.717, 1.165) is 5.56 Å². The van der Waals surface area contributed by atoms with Crippen molar-refractivity contribution in [1.82, 2.24) is 0 Å². The number of nitrogens with zero attached hydrogens (tertiary/aromatic N) is 1. The van der Waals surface area contributed by atoms with Gasteiger partial charge in [-0.3, -0.25) is 10.1 Å². The minimum Gasteiger partial charge on any atom is -0.478 e. The molecule has 2 aromatic rings. The number of hydrogen-bond acceptors (Lipinski definition) is 4. The summed E-state index contributed by atoms with van der Waals surface area (Å²) in [6, 6.07) is 10.6. The molecule has 6 nitrogen and oxygen atoms in total. The Morgan fingerprint density at radius 2 is 1.90 bits per heavy atom. The maximum Gasteiger partial charge on any atom is 0.335 e. The van der Waals surface area contributed by atoms with E-state index in [1.54, 1.807) is 12.1 Å². The molecular formula is C14H11ClN2O4. The standard InChI is InChI=1S/C14H11ClN2O4/c15-12-7-11(17(20)21)5-6-13(12)16-8-9-1-3-10(4-2-9)14(18)19/h1-7,16H,8H2,(H,18,19). The molecule has 2 rings (SSSR count). The van der Waals surface area contributed by atoms with Crippen molar-refractivity contribution in [2.75, 3.05) is 5.32 Å². The predicted octanol–water partition coefficient (Wildman–Crippen LogP) is 3.56. The molecule has 0 unspecified atom stereocenters. The van der Waals surface area contributed by atoms with E-state index in [4.69, 9.17) is 16.7 Å². The minimum absolute atomic E-state index is 0.0728. The van der Waals surface area contributed by atoms with Crippen LogP contribution in [0.1, 0.15) is 15.9 Å². The lowest BCUT2D eigenvalue weighted by molar-refractivity contribution is -0.384. The Labute approximate surface area is 125 Å². The number of carboxylic acids is 1. The van der Waals surface area contributed by atoms with Gasteiger partial charge in [0.1, 0.15) is 0 Å². The van der Waals surface area contributed by atoms with Gasteiger partial charge in [-0.05, 0) is 23.8 Å². The fourth-order valence-electron chi connectivity index (χ4n) is 1.72. The van der Waals surface area contributed by atoms with Crippen LogP contribution in [0.5, 0.6) is 0 Å². The van der Waals surface area contributed by atoms with E-state index >= 15 is 0 Å². The zero-order valence-electron chi connectivity index (χ0n) is 10.7. The van der Waals surface area contributed by atoms with Crippen molar-refractivity contribution >= 4 is 28.9 Å². The summed E-state index contributed by atoms with van der Waals surface area (Å²) in [7, 11) is 0. The Morgan fingerprint density at radius 1 is 1.24 bits per heavy atom. The second-order valence-electron chi connectivity index (χ2n) is 4.28. The molecule has 0 amide bonds. The van der Waals surface area contributed by atoms with Crippen molar-refractivity contribution in [3.05, 3.63) is 68.7 Å². The lowest BCUT2D eigenvalue weighted by Gasteiger charge is -2.08. The Balaban J connectivity index is 2.06. The first-order chi connectivity index (χ1) is 9.97. The average molecular weight is 307 g/mol. The first kappa shape index (κ1) is 14.8. The van der Waals surface area contributed by atoms with Gasteiger partial charge in [-0.15, -0.1) is 0 Å². The predicted molar refractivity (Wildman–Crippen MR) is 78.8 cm³/mol. The summed E-state index contributed by atoms with van der Waals surface area (Å²) in [5.74, 6) is -0.979. The first-order valence-corrected chi connectivity index (χ1v) is 6.35. The highest BCUT2D eigenvalue weighted by Crippen LogP contribution is 2.27. The fourth-order valence-corrected chi connectivity index (χ4v) is 1.97. The van der Waals surface area contributed by atoms with Crippen molar-refractivity contribution in [1.29, 1.82) is 0 Å². The minimum atomic E-state index is -0.979. The Hall–Kier alpha value is -2.60. The number of rotatable bonds is 5. The maximum absolute atomic E-state index is 10.7. The molecule has 0 aliphatic carbocycles. The Bertz CT molecular complexity index is 686. The van der Waals surface area contributed by atoms with Gasteiger partial charge in [0.15, 0.2) is 0 Å². The number of carboxylic acid groups (broad SMARTS) is 1. The highest BCUT2D eigenvalue weighted by molar-refractivity contribution is 6.33. The molecule has 0 aliphatic rings. The van der Waals surface area contributed by atoms with Crippen molar-refractivity contribution < 1.29 is 14.8 Å². The molecule has 2 aromatic carbocycles. The SMILES string of the molecule is O=C(O)c1ccc(CNc2ccc([N+](=O)[O-])cc2Cl)cc1. The van der Waals surface area contributed by atoms with Crippen molar-refractivity contribution in [3.8, 4) is 0 Å². The van der Waals surface area contributed by atoms with Gasteiger partial charge in [0, 0.05) is 18.7 Å². The van der Waals surface area contributed by atoms with Crippen LogP contribution in [0.4, 0.5) is 11.4 Å². The van der Waals surface area contributed by atoms with E-state index < -0.39 is 10.9 Å². The van der Waals surface area contributed by atoms with E-state index in [1.165, 1.54) is 30.3 Å². The number of halogens is 1. The molecule has 0 bridgehead atoms. The van der Waals surface area contributed by atoms with Gasteiger partial charge in [-0.1, -0.05) is 23.7 Å². The topological polar surface area (TPSA) is 92.5 Å². The second kappa shape index (κ2) is 6.23. The number of nitro groups is 1. The van der Waals surface area contributed by atoms with E-state index in [2.05, 4.69) is 5.32 Å². The third-order valence-electron chi connectivity index (χ3n) is 2.85. The maximum atomic E-state index is 10.7. The number of benzene rings is 2. The number of non-ortho nitro benzene ring substituents is 1. The van der Waals surface area contributed by atoms with Crippen LogP contribution in [0.3, 0.4) is 0 Å². The number of nitro benzene ring substituents is 1. The van der Waals surface area contributed by atoms with Crippen LogP contribution in [0.25, 0.3) is 0 Å². The van der Waals surface area contributed by atoms with Crippen LogP contribution < -0.4 is 5.32 Å². The molecule has 0 aromatic heterocycles. The summed E-state index contributed by atoms with van der Waals surface area (Å²) in [4.78, 5) is 20.8. The van der Waals surface area contributed by atoms with Crippen LogP contribution in [0, 0.1) is 10.1 Å². The monoisotopic (exact) mass is 306 g/mol. The molecule has 0 heterocycles. The number of anilines is 1. The van der Waals surface area contributed by atoms with Gasteiger partial charge in [0.25, 0.3) is 5.69 Å². The van der Waals surface area contributed by atoms with Gasteiger partial charge in [0.2, 0.25) is 0 Å². The van der Waals surface area contributed by atoms with Gasteiger partial charge in [0.05, 0.1) is 21.2 Å². The third kappa shape index (κ3) is 3.70. The van der Waals surface area contributed by atoms with E-state index in [1.807, 2.05) is 0 Å². The zero-order valence-corrected chi connectivity index (χ0v) is 11.5. The molecule has 0 saturated carbocycles. The number of carbonyl (C=O) groups is 1. The van der Waals surface area contributed by atoms with Gasteiger partial charge in [-0.2, -0.15) is 0 Å². The molecule has 0 fully saturated rings. The Morgan fingerprint density at radius 3 is 2.43 bits per heavy atom. The quantitative estimate of drug-likeness (QED) is 0.651. The second-order valence-corrected chi connectivity index (χ2v) is 4.68. The van der Waals surface area contributed by atoms with Crippen molar-refractivity contribution in [3.63, 3.8) is 0 Å². The van der Waals surface area contributed by atoms with Crippen LogP contribution >= 0.6 is 11.6 Å². The number of nitrogens with one attached hydrogen (secondary N) is 1. The number of hydrogen-bond donors (Lipinski definition) is 2. The molecule has 0 atom stereocenters. The summed E-state index contributed by atoms with van der Waals surface area (Å²) in [6.07, 6.45) is 0. The van der Waals surface area contributed by atoms with Gasteiger partial charge >= 0.3 is 5.97 Å². The zero-order chi connectivity index (χ0) is 15.4. The van der Waals surface area contributed by atoms with Crippen molar-refractivity contribution in [2.24, 2.45) is 0 Å². The van der Waals surface area contributed by atoms with E-state index in [9.17, 15) is 14.9 Å². The first-order valence-electron chi connectivity index (χ1n) is 5.97. The van der Waals surface area contributed by atoms with Gasteiger partial charge < -0.3 is 10.4 Å². The van der Waals surface area contributed by atoms with Crippen LogP contribution in [0.2, 0.25) is 5.02 Å². The molecule has 0 radical (unpaired) electrons. The molecule has 7 heteroatoms. The van der Waals surface area contributed by atoms with E-state index in [0.29, 0.717) is 12.2 Å². The fraction of sp³-hybridized carbons (Fsp3) is 0.0714. The molecule has 108 valence electrons. The molecule has 0 saturated heterocycles. The molecule has 0 aliphatic heterocycles. The summed E-state index contributed by atoms with van der Waals surface area (Å²) >= 11 is 5.96. The molecule has 0 spiro atoms. The average Bonchev–Trinajstić information content (AvgIpc) is 2.46.